The van der Waals surface area contributed by atoms with Crippen LogP contribution in [0.4, 0.5) is 0 Å². The van der Waals surface area contributed by atoms with Crippen molar-refractivity contribution in [1.82, 2.24) is 0 Å². The average Bonchev–Trinajstić information content (AvgIpc) is 3.14. The molecule has 0 amide bonds. The molecule has 4 heteroatoms. The standard InChI is InChI=1S/C13H18O4/c1-3-14-10-5-6-12(15-4-2)13(7-10)17-9-11-8-16-11/h5-7,11H,3-4,8-9H2,1-2H3. The second kappa shape index (κ2) is 5.77. The molecule has 94 valence electrons. The fourth-order valence-corrected chi connectivity index (χ4v) is 1.48. The van der Waals surface area contributed by atoms with Gasteiger partial charge in [-0.15, -0.1) is 0 Å². The van der Waals surface area contributed by atoms with Crippen molar-refractivity contribution in [3.05, 3.63) is 18.2 Å². The number of hydrogen-bond donors (Lipinski definition) is 0. The van der Waals surface area contributed by atoms with Crippen LogP contribution in [0.1, 0.15) is 13.8 Å². The van der Waals surface area contributed by atoms with Crippen LogP contribution in [0.2, 0.25) is 0 Å². The SMILES string of the molecule is CCOc1ccc(OCC)c(OCC2CO2)c1. The molecule has 1 heterocycles. The van der Waals surface area contributed by atoms with E-state index in [0.29, 0.717) is 25.6 Å². The van der Waals surface area contributed by atoms with E-state index in [2.05, 4.69) is 0 Å². The van der Waals surface area contributed by atoms with E-state index >= 15 is 0 Å². The predicted molar refractivity (Wildman–Crippen MR) is 64.0 cm³/mol. The Morgan fingerprint density at radius 3 is 2.53 bits per heavy atom. The Kier molecular flexibility index (Phi) is 4.09. The third kappa shape index (κ3) is 3.53. The quantitative estimate of drug-likeness (QED) is 0.683. The number of epoxide rings is 1. The highest BCUT2D eigenvalue weighted by molar-refractivity contribution is 5.45. The maximum absolute atomic E-state index is 5.67. The van der Waals surface area contributed by atoms with E-state index < -0.39 is 0 Å². The minimum absolute atomic E-state index is 0.236. The summed E-state index contributed by atoms with van der Waals surface area (Å²) in [6.07, 6.45) is 0.236. The summed E-state index contributed by atoms with van der Waals surface area (Å²) in [5.74, 6) is 2.26. The van der Waals surface area contributed by atoms with Crippen LogP contribution in [0.3, 0.4) is 0 Å². The van der Waals surface area contributed by atoms with Crippen LogP contribution in [-0.2, 0) is 4.74 Å². The van der Waals surface area contributed by atoms with Gasteiger partial charge in [0.25, 0.3) is 0 Å². The molecule has 1 aromatic rings. The molecule has 1 atom stereocenters. The molecule has 0 bridgehead atoms. The molecule has 0 spiro atoms. The Morgan fingerprint density at radius 2 is 1.88 bits per heavy atom. The molecule has 17 heavy (non-hydrogen) atoms. The Hall–Kier alpha value is -1.42. The summed E-state index contributed by atoms with van der Waals surface area (Å²) in [6.45, 7) is 6.51. The van der Waals surface area contributed by atoms with Gasteiger partial charge in [-0.2, -0.15) is 0 Å². The molecule has 4 nitrogen and oxygen atoms in total. The van der Waals surface area contributed by atoms with Gasteiger partial charge in [0.2, 0.25) is 0 Å². The zero-order chi connectivity index (χ0) is 12.1. The maximum atomic E-state index is 5.67. The first-order chi connectivity index (χ1) is 8.33. The summed E-state index contributed by atoms with van der Waals surface area (Å²) in [7, 11) is 0. The van der Waals surface area contributed by atoms with Gasteiger partial charge in [-0.1, -0.05) is 0 Å². The van der Waals surface area contributed by atoms with Crippen LogP contribution in [0.25, 0.3) is 0 Å². The minimum Gasteiger partial charge on any atom is -0.494 e. The minimum atomic E-state index is 0.236. The molecule has 0 N–H and O–H groups in total. The smallest absolute Gasteiger partial charge is 0.165 e. The van der Waals surface area contributed by atoms with Gasteiger partial charge in [-0.3, -0.25) is 0 Å². The second-order valence-electron chi connectivity index (χ2n) is 3.74. The summed E-state index contributed by atoms with van der Waals surface area (Å²) < 4.78 is 21.7. The van der Waals surface area contributed by atoms with Crippen molar-refractivity contribution in [2.75, 3.05) is 26.4 Å². The topological polar surface area (TPSA) is 40.2 Å². The summed E-state index contributed by atoms with van der Waals surface area (Å²) in [5, 5.41) is 0. The second-order valence-corrected chi connectivity index (χ2v) is 3.74. The van der Waals surface area contributed by atoms with E-state index in [4.69, 9.17) is 18.9 Å². The summed E-state index contributed by atoms with van der Waals surface area (Å²) in [6, 6.07) is 5.61. The van der Waals surface area contributed by atoms with Gasteiger partial charge >= 0.3 is 0 Å². The third-order valence-electron chi connectivity index (χ3n) is 2.35. The molecular formula is C13H18O4. The molecule has 1 aromatic carbocycles. The van der Waals surface area contributed by atoms with E-state index in [1.165, 1.54) is 0 Å². The van der Waals surface area contributed by atoms with E-state index in [1.807, 2.05) is 32.0 Å². The molecule has 1 unspecified atom stereocenters. The molecule has 1 aliphatic rings. The summed E-state index contributed by atoms with van der Waals surface area (Å²) in [4.78, 5) is 0. The van der Waals surface area contributed by atoms with Crippen LogP contribution in [0.5, 0.6) is 17.2 Å². The average molecular weight is 238 g/mol. The normalized spacial score (nSPS) is 17.6. The fraction of sp³-hybridized carbons (Fsp3) is 0.538. The van der Waals surface area contributed by atoms with Gasteiger partial charge in [-0.25, -0.2) is 0 Å². The highest BCUT2D eigenvalue weighted by Gasteiger charge is 2.23. The van der Waals surface area contributed by atoms with Gasteiger partial charge in [-0.05, 0) is 26.0 Å². The number of benzene rings is 1. The van der Waals surface area contributed by atoms with Gasteiger partial charge in [0, 0.05) is 6.07 Å². The zero-order valence-electron chi connectivity index (χ0n) is 10.3. The molecular weight excluding hydrogens is 220 g/mol. The monoisotopic (exact) mass is 238 g/mol. The van der Waals surface area contributed by atoms with Crippen molar-refractivity contribution >= 4 is 0 Å². The van der Waals surface area contributed by atoms with Crippen molar-refractivity contribution in [2.45, 2.75) is 20.0 Å². The van der Waals surface area contributed by atoms with Crippen molar-refractivity contribution in [1.29, 1.82) is 0 Å². The van der Waals surface area contributed by atoms with Crippen LogP contribution >= 0.6 is 0 Å². The highest BCUT2D eigenvalue weighted by Crippen LogP contribution is 2.32. The first-order valence-corrected chi connectivity index (χ1v) is 5.97. The molecule has 1 saturated heterocycles. The molecule has 1 aliphatic heterocycles. The largest absolute Gasteiger partial charge is 0.494 e. The van der Waals surface area contributed by atoms with Crippen molar-refractivity contribution in [3.63, 3.8) is 0 Å². The number of hydrogen-bond acceptors (Lipinski definition) is 4. The Bertz CT molecular complexity index is 360. The van der Waals surface area contributed by atoms with E-state index in [-0.39, 0.29) is 6.10 Å². The Balaban J connectivity index is 2.06. The zero-order valence-corrected chi connectivity index (χ0v) is 10.3. The van der Waals surface area contributed by atoms with Crippen LogP contribution in [0.15, 0.2) is 18.2 Å². The van der Waals surface area contributed by atoms with Crippen molar-refractivity contribution in [3.8, 4) is 17.2 Å². The molecule has 0 aliphatic carbocycles. The molecule has 2 rings (SSSR count). The van der Waals surface area contributed by atoms with Crippen LogP contribution in [-0.4, -0.2) is 32.5 Å². The molecule has 1 fully saturated rings. The number of ether oxygens (including phenoxy) is 4. The molecule has 0 aromatic heterocycles. The first-order valence-electron chi connectivity index (χ1n) is 5.97. The lowest BCUT2D eigenvalue weighted by atomic mass is 10.3. The lowest BCUT2D eigenvalue weighted by molar-refractivity contribution is 0.243. The lowest BCUT2D eigenvalue weighted by Gasteiger charge is -2.12. The van der Waals surface area contributed by atoms with E-state index in [1.54, 1.807) is 0 Å². The Morgan fingerprint density at radius 1 is 1.12 bits per heavy atom. The summed E-state index contributed by atoms with van der Waals surface area (Å²) in [5.41, 5.74) is 0. The highest BCUT2D eigenvalue weighted by atomic mass is 16.6. The summed E-state index contributed by atoms with van der Waals surface area (Å²) >= 11 is 0. The maximum Gasteiger partial charge on any atom is 0.165 e. The third-order valence-corrected chi connectivity index (χ3v) is 2.35. The van der Waals surface area contributed by atoms with Crippen molar-refractivity contribution in [2.24, 2.45) is 0 Å². The van der Waals surface area contributed by atoms with Gasteiger partial charge in [0.05, 0.1) is 19.8 Å². The van der Waals surface area contributed by atoms with Crippen LogP contribution in [0, 0.1) is 0 Å². The van der Waals surface area contributed by atoms with Crippen LogP contribution < -0.4 is 14.2 Å². The predicted octanol–water partition coefficient (Wildman–Crippen LogP) is 2.26. The van der Waals surface area contributed by atoms with E-state index in [0.717, 1.165) is 18.1 Å². The Labute approximate surface area is 101 Å². The first kappa shape index (κ1) is 12.0. The fourth-order valence-electron chi connectivity index (χ4n) is 1.48. The number of rotatable bonds is 7. The lowest BCUT2D eigenvalue weighted by Crippen LogP contribution is -2.06. The van der Waals surface area contributed by atoms with Gasteiger partial charge in [0.15, 0.2) is 11.5 Å². The van der Waals surface area contributed by atoms with Gasteiger partial charge in [0.1, 0.15) is 18.5 Å². The molecule has 0 radical (unpaired) electrons. The van der Waals surface area contributed by atoms with Crippen molar-refractivity contribution < 1.29 is 18.9 Å². The van der Waals surface area contributed by atoms with Gasteiger partial charge < -0.3 is 18.9 Å². The van der Waals surface area contributed by atoms with E-state index in [9.17, 15) is 0 Å². The molecule has 0 saturated carbocycles.